The Labute approximate surface area is 151 Å². The van der Waals surface area contributed by atoms with E-state index in [0.717, 1.165) is 24.0 Å². The minimum absolute atomic E-state index is 0.0222. The van der Waals surface area contributed by atoms with E-state index in [1.54, 1.807) is 12.5 Å². The Morgan fingerprint density at radius 2 is 2.27 bits per heavy atom. The van der Waals surface area contributed by atoms with E-state index in [9.17, 15) is 4.79 Å². The molecule has 1 fully saturated rings. The molecule has 2 aromatic heterocycles. The number of aryl methyl sites for hydroxylation is 1. The summed E-state index contributed by atoms with van der Waals surface area (Å²) in [6.07, 6.45) is 7.10. The second kappa shape index (κ2) is 6.40. The lowest BCUT2D eigenvalue weighted by Crippen LogP contribution is -2.36. The van der Waals surface area contributed by atoms with Gasteiger partial charge in [-0.25, -0.2) is 4.98 Å². The number of amides is 1. The molecule has 1 aromatic carbocycles. The van der Waals surface area contributed by atoms with Gasteiger partial charge in [-0.3, -0.25) is 4.79 Å². The van der Waals surface area contributed by atoms with Crippen LogP contribution in [0.3, 0.4) is 0 Å². The van der Waals surface area contributed by atoms with Crippen molar-refractivity contribution in [2.75, 3.05) is 0 Å². The van der Waals surface area contributed by atoms with Crippen LogP contribution in [-0.4, -0.2) is 25.6 Å². The normalized spacial score (nSPS) is 16.2. The summed E-state index contributed by atoms with van der Waals surface area (Å²) in [5, 5.41) is 7.06. The van der Waals surface area contributed by atoms with E-state index in [1.807, 2.05) is 48.9 Å². The Kier molecular flexibility index (Phi) is 4.06. The van der Waals surface area contributed by atoms with E-state index < -0.39 is 0 Å². The molecule has 3 aromatic rings. The highest BCUT2D eigenvalue weighted by Crippen LogP contribution is 2.47. The van der Waals surface area contributed by atoms with Gasteiger partial charge < -0.3 is 14.4 Å². The van der Waals surface area contributed by atoms with Crippen molar-refractivity contribution < 1.29 is 9.32 Å². The first-order valence-electron chi connectivity index (χ1n) is 8.73. The maximum Gasteiger partial charge on any atom is 0.249 e. The summed E-state index contributed by atoms with van der Waals surface area (Å²) in [5.74, 6) is 0.964. The molecule has 1 aliphatic carbocycles. The summed E-state index contributed by atoms with van der Waals surface area (Å²) < 4.78 is 7.31. The van der Waals surface area contributed by atoms with Crippen LogP contribution in [0.1, 0.15) is 37.3 Å². The quantitative estimate of drug-likeness (QED) is 0.738. The molecule has 2 heterocycles. The first-order chi connectivity index (χ1) is 12.6. The van der Waals surface area contributed by atoms with Crippen molar-refractivity contribution >= 4 is 5.91 Å². The van der Waals surface area contributed by atoms with Crippen LogP contribution in [0, 0.1) is 12.3 Å². The van der Waals surface area contributed by atoms with E-state index in [2.05, 4.69) is 20.4 Å². The maximum atomic E-state index is 12.7. The third-order valence-corrected chi connectivity index (χ3v) is 4.82. The SMILES string of the molecule is Cc1cccc(-c2noc([C@@H](C)NC(=O)C3(Cn4ccnc4)CC3)n2)c1. The molecule has 4 rings (SSSR count). The highest BCUT2D eigenvalue weighted by Gasteiger charge is 2.50. The third-order valence-electron chi connectivity index (χ3n) is 4.82. The largest absolute Gasteiger partial charge is 0.344 e. The number of aromatic nitrogens is 4. The molecular weight excluding hydrogens is 330 g/mol. The minimum atomic E-state index is -0.353. The molecule has 0 spiro atoms. The fraction of sp³-hybridized carbons (Fsp3) is 0.368. The smallest absolute Gasteiger partial charge is 0.249 e. The Morgan fingerprint density at radius 3 is 2.96 bits per heavy atom. The first kappa shape index (κ1) is 16.5. The van der Waals surface area contributed by atoms with Crippen LogP contribution in [0.4, 0.5) is 0 Å². The fourth-order valence-electron chi connectivity index (χ4n) is 3.06. The monoisotopic (exact) mass is 351 g/mol. The van der Waals surface area contributed by atoms with E-state index in [1.165, 1.54) is 0 Å². The van der Waals surface area contributed by atoms with Crippen LogP contribution in [0.5, 0.6) is 0 Å². The number of hydrogen-bond acceptors (Lipinski definition) is 5. The molecule has 1 aliphatic rings. The van der Waals surface area contributed by atoms with Gasteiger partial charge in [-0.15, -0.1) is 0 Å². The number of nitrogens with zero attached hydrogens (tertiary/aromatic N) is 4. The topological polar surface area (TPSA) is 85.8 Å². The molecule has 1 atom stereocenters. The fourth-order valence-corrected chi connectivity index (χ4v) is 3.06. The lowest BCUT2D eigenvalue weighted by Gasteiger charge is -2.18. The van der Waals surface area contributed by atoms with Gasteiger partial charge in [0.1, 0.15) is 6.04 Å². The summed E-state index contributed by atoms with van der Waals surface area (Å²) in [5.41, 5.74) is 1.68. The Hall–Kier alpha value is -2.96. The minimum Gasteiger partial charge on any atom is -0.344 e. The number of nitrogens with one attached hydrogen (secondary N) is 1. The number of imidazole rings is 1. The van der Waals surface area contributed by atoms with Crippen molar-refractivity contribution in [2.24, 2.45) is 5.41 Å². The lowest BCUT2D eigenvalue weighted by atomic mass is 10.1. The van der Waals surface area contributed by atoms with Gasteiger partial charge >= 0.3 is 0 Å². The zero-order valence-electron chi connectivity index (χ0n) is 14.8. The van der Waals surface area contributed by atoms with Gasteiger partial charge in [0.2, 0.25) is 17.6 Å². The predicted octanol–water partition coefficient (Wildman–Crippen LogP) is 2.90. The molecule has 1 N–H and O–H groups in total. The van der Waals surface area contributed by atoms with Crippen molar-refractivity contribution in [2.45, 2.75) is 39.3 Å². The number of carbonyl (C=O) groups excluding carboxylic acids is 1. The Balaban J connectivity index is 1.44. The zero-order valence-corrected chi connectivity index (χ0v) is 14.8. The molecule has 7 nitrogen and oxygen atoms in total. The van der Waals surface area contributed by atoms with Crippen LogP contribution in [0.2, 0.25) is 0 Å². The molecule has 0 bridgehead atoms. The molecule has 7 heteroatoms. The van der Waals surface area contributed by atoms with Crippen LogP contribution >= 0.6 is 0 Å². The number of carbonyl (C=O) groups is 1. The van der Waals surface area contributed by atoms with E-state index in [0.29, 0.717) is 18.3 Å². The first-order valence-corrected chi connectivity index (χ1v) is 8.73. The Morgan fingerprint density at radius 1 is 1.42 bits per heavy atom. The van der Waals surface area contributed by atoms with Crippen molar-refractivity contribution in [1.82, 2.24) is 25.0 Å². The van der Waals surface area contributed by atoms with Gasteiger partial charge in [-0.1, -0.05) is 28.9 Å². The maximum absolute atomic E-state index is 12.7. The van der Waals surface area contributed by atoms with Crippen molar-refractivity contribution in [1.29, 1.82) is 0 Å². The Bertz CT molecular complexity index is 912. The average molecular weight is 351 g/mol. The predicted molar refractivity (Wildman–Crippen MR) is 94.9 cm³/mol. The van der Waals surface area contributed by atoms with Crippen molar-refractivity contribution in [3.63, 3.8) is 0 Å². The van der Waals surface area contributed by atoms with Gasteiger partial charge in [0.15, 0.2) is 0 Å². The van der Waals surface area contributed by atoms with Crippen molar-refractivity contribution in [3.8, 4) is 11.4 Å². The summed E-state index contributed by atoms with van der Waals surface area (Å²) >= 11 is 0. The van der Waals surface area contributed by atoms with Crippen molar-refractivity contribution in [3.05, 3.63) is 54.4 Å². The van der Waals surface area contributed by atoms with Gasteiger partial charge in [0, 0.05) is 24.5 Å². The van der Waals surface area contributed by atoms with Crippen LogP contribution in [0.25, 0.3) is 11.4 Å². The molecule has 134 valence electrons. The van der Waals surface area contributed by atoms with Crippen LogP contribution in [0.15, 0.2) is 47.5 Å². The molecular formula is C19H21N5O2. The van der Waals surface area contributed by atoms with Crippen LogP contribution < -0.4 is 5.32 Å². The highest BCUT2D eigenvalue weighted by atomic mass is 16.5. The van der Waals surface area contributed by atoms with Gasteiger partial charge in [0.25, 0.3) is 0 Å². The lowest BCUT2D eigenvalue weighted by molar-refractivity contribution is -0.127. The third kappa shape index (κ3) is 3.24. The number of rotatable bonds is 6. The molecule has 26 heavy (non-hydrogen) atoms. The van der Waals surface area contributed by atoms with Gasteiger partial charge in [-0.05, 0) is 32.8 Å². The summed E-state index contributed by atoms with van der Waals surface area (Å²) in [4.78, 5) is 21.2. The zero-order chi connectivity index (χ0) is 18.1. The summed E-state index contributed by atoms with van der Waals surface area (Å²) in [6, 6.07) is 7.58. The number of benzene rings is 1. The summed E-state index contributed by atoms with van der Waals surface area (Å²) in [7, 11) is 0. The average Bonchev–Trinajstić information content (AvgIpc) is 3.02. The van der Waals surface area contributed by atoms with Gasteiger partial charge in [-0.2, -0.15) is 4.98 Å². The molecule has 0 unspecified atom stereocenters. The molecule has 0 radical (unpaired) electrons. The molecule has 1 amide bonds. The van der Waals surface area contributed by atoms with E-state index >= 15 is 0 Å². The standard InChI is InChI=1S/C19H21N5O2/c1-13-4-3-5-15(10-13)16-22-17(26-23-16)14(2)21-18(25)19(6-7-19)11-24-9-8-20-12-24/h3-5,8-10,12,14H,6-7,11H2,1-2H3,(H,21,25)/t14-/m1/s1. The van der Waals surface area contributed by atoms with Gasteiger partial charge in [0.05, 0.1) is 11.7 Å². The van der Waals surface area contributed by atoms with Crippen LogP contribution in [-0.2, 0) is 11.3 Å². The second-order valence-corrected chi connectivity index (χ2v) is 7.04. The second-order valence-electron chi connectivity index (χ2n) is 7.04. The summed E-state index contributed by atoms with van der Waals surface area (Å²) in [6.45, 7) is 4.52. The number of hydrogen-bond donors (Lipinski definition) is 1. The molecule has 0 aliphatic heterocycles. The van der Waals surface area contributed by atoms with E-state index in [-0.39, 0.29) is 17.4 Å². The highest BCUT2D eigenvalue weighted by molar-refractivity contribution is 5.85. The molecule has 1 saturated carbocycles. The molecule has 0 saturated heterocycles. The van der Waals surface area contributed by atoms with E-state index in [4.69, 9.17) is 4.52 Å².